The molecule has 33 heavy (non-hydrogen) atoms. The number of nitrogens with zero attached hydrogens (tertiary/aromatic N) is 5. The van der Waals surface area contributed by atoms with Gasteiger partial charge in [0, 0.05) is 26.7 Å². The maximum atomic E-state index is 12.1. The Morgan fingerprint density at radius 2 is 2.15 bits per heavy atom. The lowest BCUT2D eigenvalue weighted by molar-refractivity contribution is -0.149. The normalized spacial score (nSPS) is 16.0. The Kier molecular flexibility index (Phi) is 10.4. The summed E-state index contributed by atoms with van der Waals surface area (Å²) in [5.41, 5.74) is 8.11. The Labute approximate surface area is 212 Å². The summed E-state index contributed by atoms with van der Waals surface area (Å²) in [6, 6.07) is 11.7. The summed E-state index contributed by atoms with van der Waals surface area (Å²) in [6.07, 6.45) is 3.14. The summed E-state index contributed by atoms with van der Waals surface area (Å²) in [5.74, 6) is 0.873. The van der Waals surface area contributed by atoms with Crippen LogP contribution in [0.15, 0.2) is 35.3 Å². The molecule has 1 fully saturated rings. The number of benzene rings is 1. The molecule has 1 aliphatic heterocycles. The number of hydrogen-bond acceptors (Lipinski definition) is 6. The molecule has 178 valence electrons. The number of halogens is 1. The smallest absolute Gasteiger partial charge is 0.310 e. The number of para-hydroxylation sites is 1. The number of aryl methyl sites for hydroxylation is 1. The van der Waals surface area contributed by atoms with Gasteiger partial charge in [-0.15, -0.1) is 24.0 Å². The molecule has 1 aromatic heterocycles. The maximum Gasteiger partial charge on any atom is 0.310 e. The van der Waals surface area contributed by atoms with Crippen molar-refractivity contribution < 1.29 is 9.53 Å². The SMILES string of the molecule is CCOC(=O)C1CCCN(C(=NC)NCCCc2nn(-c3ccccc3)c(N)c2C#N)C1.I. The largest absolute Gasteiger partial charge is 0.466 e. The summed E-state index contributed by atoms with van der Waals surface area (Å²) in [6.45, 7) is 4.35. The molecule has 2 aromatic rings. The highest BCUT2D eigenvalue weighted by atomic mass is 127. The number of aliphatic imine (C=N–C) groups is 1. The van der Waals surface area contributed by atoms with E-state index in [1.807, 2.05) is 37.3 Å². The summed E-state index contributed by atoms with van der Waals surface area (Å²) < 4.78 is 6.80. The van der Waals surface area contributed by atoms with E-state index in [-0.39, 0.29) is 35.9 Å². The highest BCUT2D eigenvalue weighted by Crippen LogP contribution is 2.21. The van der Waals surface area contributed by atoms with Crippen LogP contribution in [-0.2, 0) is 16.0 Å². The van der Waals surface area contributed by atoms with Crippen molar-refractivity contribution in [1.82, 2.24) is 20.0 Å². The van der Waals surface area contributed by atoms with Crippen molar-refractivity contribution in [2.45, 2.75) is 32.6 Å². The zero-order chi connectivity index (χ0) is 22.9. The molecular formula is C23H32IN7O2. The highest BCUT2D eigenvalue weighted by molar-refractivity contribution is 14.0. The average molecular weight is 565 g/mol. The topological polar surface area (TPSA) is 122 Å². The number of aromatic nitrogens is 2. The second-order valence-corrected chi connectivity index (χ2v) is 7.68. The van der Waals surface area contributed by atoms with Crippen molar-refractivity contribution >= 4 is 41.7 Å². The van der Waals surface area contributed by atoms with Crippen LogP contribution < -0.4 is 11.1 Å². The molecule has 1 aromatic carbocycles. The quantitative estimate of drug-likeness (QED) is 0.174. The average Bonchev–Trinajstić information content (AvgIpc) is 3.15. The van der Waals surface area contributed by atoms with Crippen molar-refractivity contribution in [2.24, 2.45) is 10.9 Å². The van der Waals surface area contributed by atoms with Crippen molar-refractivity contribution in [2.75, 3.05) is 39.0 Å². The second-order valence-electron chi connectivity index (χ2n) is 7.68. The van der Waals surface area contributed by atoms with E-state index in [9.17, 15) is 10.1 Å². The molecule has 0 bridgehead atoms. The van der Waals surface area contributed by atoms with E-state index in [0.29, 0.717) is 43.2 Å². The number of carbonyl (C=O) groups excluding carboxylic acids is 1. The molecule has 1 aliphatic rings. The maximum absolute atomic E-state index is 12.1. The Hall–Kier alpha value is -2.81. The van der Waals surface area contributed by atoms with E-state index < -0.39 is 0 Å². The van der Waals surface area contributed by atoms with Gasteiger partial charge in [-0.1, -0.05) is 18.2 Å². The van der Waals surface area contributed by atoms with Crippen molar-refractivity contribution in [3.63, 3.8) is 0 Å². The first-order chi connectivity index (χ1) is 15.6. The molecule has 1 saturated heterocycles. The fourth-order valence-electron chi connectivity index (χ4n) is 3.95. The van der Waals surface area contributed by atoms with E-state index in [1.54, 1.807) is 11.7 Å². The molecule has 0 spiro atoms. The summed E-state index contributed by atoms with van der Waals surface area (Å²) in [4.78, 5) is 18.6. The van der Waals surface area contributed by atoms with E-state index >= 15 is 0 Å². The molecule has 3 N–H and O–H groups in total. The number of rotatable bonds is 7. The molecule has 1 unspecified atom stereocenters. The Morgan fingerprint density at radius 3 is 2.82 bits per heavy atom. The van der Waals surface area contributed by atoms with Crippen LogP contribution in [0.5, 0.6) is 0 Å². The van der Waals surface area contributed by atoms with Gasteiger partial charge >= 0.3 is 5.97 Å². The lowest BCUT2D eigenvalue weighted by atomic mass is 9.98. The minimum atomic E-state index is -0.136. The Bertz CT molecular complexity index is 985. The van der Waals surface area contributed by atoms with Crippen molar-refractivity contribution in [3.05, 3.63) is 41.6 Å². The van der Waals surface area contributed by atoms with Gasteiger partial charge in [0.15, 0.2) is 5.96 Å². The van der Waals surface area contributed by atoms with E-state index in [4.69, 9.17) is 10.5 Å². The van der Waals surface area contributed by atoms with Gasteiger partial charge < -0.3 is 20.7 Å². The lowest BCUT2D eigenvalue weighted by Crippen LogP contribution is -2.48. The molecule has 9 nitrogen and oxygen atoms in total. The van der Waals surface area contributed by atoms with Crippen LogP contribution in [0.25, 0.3) is 5.69 Å². The van der Waals surface area contributed by atoms with Gasteiger partial charge in [-0.05, 0) is 44.7 Å². The minimum absolute atomic E-state index is 0. The highest BCUT2D eigenvalue weighted by Gasteiger charge is 2.28. The third-order valence-electron chi connectivity index (χ3n) is 5.53. The van der Waals surface area contributed by atoms with Gasteiger partial charge in [0.05, 0.1) is 23.9 Å². The standard InChI is InChI=1S/C23H31N7O2.HI/c1-3-32-22(31)17-9-8-14-29(16-17)23(26-2)27-13-7-12-20-19(15-24)21(25)30(28-20)18-10-5-4-6-11-18;/h4-6,10-11,17H,3,7-9,12-14,16,25H2,1-2H3,(H,26,27);1H. The van der Waals surface area contributed by atoms with Crippen molar-refractivity contribution in [1.29, 1.82) is 5.26 Å². The van der Waals surface area contributed by atoms with Gasteiger partial charge in [0.2, 0.25) is 0 Å². The van der Waals surface area contributed by atoms with Crippen LogP contribution in [0.4, 0.5) is 5.82 Å². The molecule has 0 radical (unpaired) electrons. The van der Waals surface area contributed by atoms with Gasteiger partial charge in [0.25, 0.3) is 0 Å². The van der Waals surface area contributed by atoms with Gasteiger partial charge in [0.1, 0.15) is 17.5 Å². The number of guanidine groups is 1. The molecule has 1 atom stereocenters. The minimum Gasteiger partial charge on any atom is -0.466 e. The molecule has 0 saturated carbocycles. The molecule has 0 aliphatic carbocycles. The number of hydrogen-bond donors (Lipinski definition) is 2. The number of nitrogens with one attached hydrogen (secondary N) is 1. The van der Waals surface area contributed by atoms with Crippen LogP contribution in [0.2, 0.25) is 0 Å². The van der Waals surface area contributed by atoms with Crippen LogP contribution >= 0.6 is 24.0 Å². The fraction of sp³-hybridized carbons (Fsp3) is 0.478. The predicted molar refractivity (Wildman–Crippen MR) is 139 cm³/mol. The third kappa shape index (κ3) is 6.60. The first-order valence-corrected chi connectivity index (χ1v) is 11.0. The number of anilines is 1. The van der Waals surface area contributed by atoms with E-state index in [0.717, 1.165) is 37.5 Å². The van der Waals surface area contributed by atoms with Crippen LogP contribution in [0, 0.1) is 17.2 Å². The Morgan fingerprint density at radius 1 is 1.39 bits per heavy atom. The first-order valence-electron chi connectivity index (χ1n) is 11.0. The summed E-state index contributed by atoms with van der Waals surface area (Å²) >= 11 is 0. The third-order valence-corrected chi connectivity index (χ3v) is 5.53. The van der Waals surface area contributed by atoms with Crippen LogP contribution in [-0.4, -0.2) is 59.9 Å². The zero-order valence-electron chi connectivity index (χ0n) is 19.2. The number of likely N-dealkylation sites (tertiary alicyclic amines) is 1. The van der Waals surface area contributed by atoms with Crippen LogP contribution in [0.3, 0.4) is 0 Å². The number of carbonyl (C=O) groups is 1. The Balaban J connectivity index is 0.00000385. The monoisotopic (exact) mass is 565 g/mol. The summed E-state index contributed by atoms with van der Waals surface area (Å²) in [7, 11) is 1.74. The number of nitriles is 1. The number of nitrogen functional groups attached to an aromatic ring is 1. The molecule has 10 heteroatoms. The second kappa shape index (κ2) is 13.0. The zero-order valence-corrected chi connectivity index (χ0v) is 21.5. The predicted octanol–water partition coefficient (Wildman–Crippen LogP) is 2.73. The molecule has 0 amide bonds. The first kappa shape index (κ1) is 26.4. The van der Waals surface area contributed by atoms with Gasteiger partial charge in [-0.3, -0.25) is 9.79 Å². The van der Waals surface area contributed by atoms with E-state index in [2.05, 4.69) is 26.4 Å². The van der Waals surface area contributed by atoms with Gasteiger partial charge in [-0.2, -0.15) is 10.4 Å². The van der Waals surface area contributed by atoms with Gasteiger partial charge in [-0.25, -0.2) is 4.68 Å². The number of esters is 1. The van der Waals surface area contributed by atoms with Crippen LogP contribution in [0.1, 0.15) is 37.4 Å². The molecular weight excluding hydrogens is 533 g/mol. The number of piperidine rings is 1. The number of ether oxygens (including phenoxy) is 1. The van der Waals surface area contributed by atoms with E-state index in [1.165, 1.54) is 0 Å². The number of nitrogens with two attached hydrogens (primary N) is 1. The van der Waals surface area contributed by atoms with Crippen molar-refractivity contribution in [3.8, 4) is 11.8 Å². The lowest BCUT2D eigenvalue weighted by Gasteiger charge is -2.33. The fourth-order valence-corrected chi connectivity index (χ4v) is 3.95. The summed E-state index contributed by atoms with van der Waals surface area (Å²) in [5, 5.41) is 17.5. The molecule has 3 rings (SSSR count). The molecule has 2 heterocycles.